The molecule has 2 atom stereocenters. The van der Waals surface area contributed by atoms with Gasteiger partial charge in [0.25, 0.3) is 0 Å². The standard InChI is InChI=1S/C14H24N2O2/c1-12(9-15-10-13-5-3-7-17-13)16(2)11-14-6-4-8-18-14/h3,5,7,12,14-15H,4,6,8-11H2,1-2H3. The number of ether oxygens (including phenoxy) is 1. The van der Waals surface area contributed by atoms with Gasteiger partial charge in [-0.15, -0.1) is 0 Å². The van der Waals surface area contributed by atoms with Crippen LogP contribution in [0.4, 0.5) is 0 Å². The van der Waals surface area contributed by atoms with Crippen molar-refractivity contribution in [3.63, 3.8) is 0 Å². The minimum absolute atomic E-state index is 0.433. The van der Waals surface area contributed by atoms with Crippen molar-refractivity contribution in [3.8, 4) is 0 Å². The second-order valence-corrected chi connectivity index (χ2v) is 5.13. The summed E-state index contributed by atoms with van der Waals surface area (Å²) in [5.74, 6) is 0.990. The smallest absolute Gasteiger partial charge is 0.117 e. The van der Waals surface area contributed by atoms with Crippen LogP contribution in [0.25, 0.3) is 0 Å². The normalized spacial score (nSPS) is 21.6. The quantitative estimate of drug-likeness (QED) is 0.804. The largest absolute Gasteiger partial charge is 0.468 e. The van der Waals surface area contributed by atoms with Gasteiger partial charge in [0, 0.05) is 25.7 Å². The van der Waals surface area contributed by atoms with E-state index in [0.29, 0.717) is 12.1 Å². The average Bonchev–Trinajstić information content (AvgIpc) is 3.01. The molecular weight excluding hydrogens is 228 g/mol. The van der Waals surface area contributed by atoms with Crippen LogP contribution in [0.15, 0.2) is 22.8 Å². The Bertz CT molecular complexity index is 321. The predicted molar refractivity (Wildman–Crippen MR) is 71.5 cm³/mol. The van der Waals surface area contributed by atoms with Crippen LogP contribution in [0, 0.1) is 0 Å². The van der Waals surface area contributed by atoms with Crippen molar-refractivity contribution in [2.24, 2.45) is 0 Å². The van der Waals surface area contributed by atoms with Crippen LogP contribution in [0.5, 0.6) is 0 Å². The van der Waals surface area contributed by atoms with Gasteiger partial charge in [0.05, 0.1) is 18.9 Å². The molecule has 2 heterocycles. The fourth-order valence-corrected chi connectivity index (χ4v) is 2.26. The van der Waals surface area contributed by atoms with E-state index in [4.69, 9.17) is 9.15 Å². The highest BCUT2D eigenvalue weighted by atomic mass is 16.5. The summed E-state index contributed by atoms with van der Waals surface area (Å²) in [4.78, 5) is 2.37. The molecule has 0 amide bonds. The number of likely N-dealkylation sites (N-methyl/N-ethyl adjacent to an activating group) is 1. The minimum atomic E-state index is 0.433. The van der Waals surface area contributed by atoms with Crippen LogP contribution in [0.1, 0.15) is 25.5 Å². The summed E-state index contributed by atoms with van der Waals surface area (Å²) in [7, 11) is 2.17. The fourth-order valence-electron chi connectivity index (χ4n) is 2.26. The van der Waals surface area contributed by atoms with Crippen LogP contribution >= 0.6 is 0 Å². The zero-order valence-corrected chi connectivity index (χ0v) is 11.4. The van der Waals surface area contributed by atoms with E-state index in [9.17, 15) is 0 Å². The Hall–Kier alpha value is -0.840. The number of hydrogen-bond acceptors (Lipinski definition) is 4. The predicted octanol–water partition coefficient (Wildman–Crippen LogP) is 1.87. The summed E-state index contributed by atoms with van der Waals surface area (Å²) in [5, 5.41) is 3.42. The Kier molecular flexibility index (Phi) is 5.23. The zero-order valence-electron chi connectivity index (χ0n) is 11.4. The third-order valence-electron chi connectivity index (χ3n) is 3.59. The number of nitrogens with one attached hydrogen (secondary N) is 1. The summed E-state index contributed by atoms with van der Waals surface area (Å²) in [5.41, 5.74) is 0. The number of rotatable bonds is 7. The van der Waals surface area contributed by atoms with Gasteiger partial charge < -0.3 is 14.5 Å². The molecule has 0 bridgehead atoms. The summed E-state index contributed by atoms with van der Waals surface area (Å²) >= 11 is 0. The maximum atomic E-state index is 5.66. The van der Waals surface area contributed by atoms with Gasteiger partial charge >= 0.3 is 0 Å². The third kappa shape index (κ3) is 4.12. The van der Waals surface area contributed by atoms with Crippen LogP contribution in [0.2, 0.25) is 0 Å². The van der Waals surface area contributed by atoms with Gasteiger partial charge in [-0.25, -0.2) is 0 Å². The average molecular weight is 252 g/mol. The molecule has 1 fully saturated rings. The first-order valence-electron chi connectivity index (χ1n) is 6.80. The van der Waals surface area contributed by atoms with Gasteiger partial charge in [0.2, 0.25) is 0 Å². The molecule has 1 aliphatic rings. The Morgan fingerprint density at radius 1 is 1.56 bits per heavy atom. The Labute approximate surface area is 109 Å². The van der Waals surface area contributed by atoms with Crippen LogP contribution in [-0.2, 0) is 11.3 Å². The van der Waals surface area contributed by atoms with E-state index in [0.717, 1.165) is 32.0 Å². The lowest BCUT2D eigenvalue weighted by atomic mass is 10.2. The van der Waals surface area contributed by atoms with Gasteiger partial charge in [-0.1, -0.05) is 0 Å². The van der Waals surface area contributed by atoms with Crippen LogP contribution in [-0.4, -0.2) is 43.8 Å². The zero-order chi connectivity index (χ0) is 12.8. The lowest BCUT2D eigenvalue weighted by Gasteiger charge is -2.27. The third-order valence-corrected chi connectivity index (χ3v) is 3.59. The molecule has 2 rings (SSSR count). The SMILES string of the molecule is CC(CNCc1ccco1)N(C)CC1CCCO1. The summed E-state index contributed by atoms with van der Waals surface area (Å²) in [6.07, 6.45) is 4.56. The molecule has 0 saturated carbocycles. The molecule has 0 aliphatic carbocycles. The van der Waals surface area contributed by atoms with Gasteiger partial charge in [-0.2, -0.15) is 0 Å². The Balaban J connectivity index is 1.62. The first-order chi connectivity index (χ1) is 8.75. The van der Waals surface area contributed by atoms with Gasteiger partial charge in [0.1, 0.15) is 5.76 Å². The first-order valence-corrected chi connectivity index (χ1v) is 6.80. The molecule has 1 aromatic rings. The van der Waals surface area contributed by atoms with Crippen molar-refractivity contribution in [2.75, 3.05) is 26.7 Å². The van der Waals surface area contributed by atoms with Crippen molar-refractivity contribution in [1.29, 1.82) is 0 Å². The van der Waals surface area contributed by atoms with E-state index in [1.807, 2.05) is 12.1 Å². The Morgan fingerprint density at radius 2 is 2.44 bits per heavy atom. The van der Waals surface area contributed by atoms with Crippen LogP contribution in [0.3, 0.4) is 0 Å². The van der Waals surface area contributed by atoms with Crippen molar-refractivity contribution in [2.45, 2.75) is 38.5 Å². The van der Waals surface area contributed by atoms with E-state index >= 15 is 0 Å². The number of hydrogen-bond donors (Lipinski definition) is 1. The first kappa shape index (κ1) is 13.6. The molecule has 4 heteroatoms. The highest BCUT2D eigenvalue weighted by Gasteiger charge is 2.19. The molecule has 2 unspecified atom stereocenters. The minimum Gasteiger partial charge on any atom is -0.468 e. The van der Waals surface area contributed by atoms with E-state index in [2.05, 4.69) is 24.2 Å². The van der Waals surface area contributed by atoms with Crippen molar-refractivity contribution < 1.29 is 9.15 Å². The van der Waals surface area contributed by atoms with E-state index in [-0.39, 0.29) is 0 Å². The number of nitrogens with zero attached hydrogens (tertiary/aromatic N) is 1. The molecular formula is C14H24N2O2. The van der Waals surface area contributed by atoms with E-state index < -0.39 is 0 Å². The molecule has 102 valence electrons. The van der Waals surface area contributed by atoms with Gasteiger partial charge in [0.15, 0.2) is 0 Å². The lowest BCUT2D eigenvalue weighted by Crippen LogP contribution is -2.41. The van der Waals surface area contributed by atoms with Crippen molar-refractivity contribution in [1.82, 2.24) is 10.2 Å². The maximum absolute atomic E-state index is 5.66. The molecule has 1 aromatic heterocycles. The molecule has 18 heavy (non-hydrogen) atoms. The Morgan fingerprint density at radius 3 is 3.11 bits per heavy atom. The monoisotopic (exact) mass is 252 g/mol. The molecule has 0 spiro atoms. The fraction of sp³-hybridized carbons (Fsp3) is 0.714. The van der Waals surface area contributed by atoms with Crippen molar-refractivity contribution in [3.05, 3.63) is 24.2 Å². The maximum Gasteiger partial charge on any atom is 0.117 e. The molecule has 0 radical (unpaired) electrons. The van der Waals surface area contributed by atoms with E-state index in [1.54, 1.807) is 6.26 Å². The van der Waals surface area contributed by atoms with Gasteiger partial charge in [-0.3, -0.25) is 4.90 Å². The molecule has 0 aromatic carbocycles. The van der Waals surface area contributed by atoms with E-state index in [1.165, 1.54) is 12.8 Å². The van der Waals surface area contributed by atoms with Crippen LogP contribution < -0.4 is 5.32 Å². The highest BCUT2D eigenvalue weighted by molar-refractivity contribution is 4.97. The summed E-state index contributed by atoms with van der Waals surface area (Å²) in [6.45, 7) is 5.96. The second kappa shape index (κ2) is 6.92. The molecule has 4 nitrogen and oxygen atoms in total. The highest BCUT2D eigenvalue weighted by Crippen LogP contribution is 2.13. The second-order valence-electron chi connectivity index (χ2n) is 5.13. The summed E-state index contributed by atoms with van der Waals surface area (Å²) < 4.78 is 10.9. The summed E-state index contributed by atoms with van der Waals surface area (Å²) in [6, 6.07) is 4.42. The number of furan rings is 1. The molecule has 1 N–H and O–H groups in total. The molecule has 1 saturated heterocycles. The van der Waals surface area contributed by atoms with Gasteiger partial charge in [-0.05, 0) is 38.9 Å². The lowest BCUT2D eigenvalue weighted by molar-refractivity contribution is 0.0702. The van der Waals surface area contributed by atoms with Crippen molar-refractivity contribution >= 4 is 0 Å². The topological polar surface area (TPSA) is 37.6 Å². The molecule has 1 aliphatic heterocycles.